The van der Waals surface area contributed by atoms with Gasteiger partial charge in [-0.3, -0.25) is 4.79 Å². The van der Waals surface area contributed by atoms with Gasteiger partial charge in [-0.2, -0.15) is 0 Å². The van der Waals surface area contributed by atoms with Gasteiger partial charge in [0.15, 0.2) is 8.29 Å². The van der Waals surface area contributed by atoms with Crippen LogP contribution >= 0.6 is 35.3 Å². The molecule has 0 saturated carbocycles. The lowest BCUT2D eigenvalue weighted by atomic mass is 10.3. The number of nitrogens with one attached hydrogen (secondary N) is 1. The summed E-state index contributed by atoms with van der Waals surface area (Å²) in [7, 11) is 0. The van der Waals surface area contributed by atoms with Crippen molar-refractivity contribution in [2.24, 2.45) is 0 Å². The molecule has 1 amide bonds. The highest BCUT2D eigenvalue weighted by molar-refractivity contribution is 8.02. The molecule has 1 unspecified atom stereocenters. The van der Waals surface area contributed by atoms with Crippen molar-refractivity contribution in [3.8, 4) is 5.69 Å². The predicted molar refractivity (Wildman–Crippen MR) is 90.8 cm³/mol. The number of benzene rings is 1. The van der Waals surface area contributed by atoms with Gasteiger partial charge in [0.05, 0.1) is 10.9 Å². The second-order valence-corrected chi connectivity index (χ2v) is 7.39. The first-order valence-electron chi connectivity index (χ1n) is 6.32. The van der Waals surface area contributed by atoms with Gasteiger partial charge in [-0.25, -0.2) is 4.68 Å². The lowest BCUT2D eigenvalue weighted by Crippen LogP contribution is -2.30. The minimum atomic E-state index is -0.227. The fourth-order valence-corrected chi connectivity index (χ4v) is 4.09. The minimum absolute atomic E-state index is 0.0349. The van der Waals surface area contributed by atoms with E-state index in [0.717, 1.165) is 10.0 Å². The Kier molecular flexibility index (Phi) is 5.72. The van der Waals surface area contributed by atoms with E-state index in [-0.39, 0.29) is 11.2 Å². The van der Waals surface area contributed by atoms with E-state index in [1.54, 1.807) is 10.8 Å². The number of hydrogen-bond donors (Lipinski definition) is 1. The number of rotatable bonds is 6. The van der Waals surface area contributed by atoms with Gasteiger partial charge >= 0.3 is 0 Å². The van der Waals surface area contributed by atoms with Gasteiger partial charge in [0.1, 0.15) is 0 Å². The monoisotopic (exact) mass is 337 g/mol. The van der Waals surface area contributed by atoms with Crippen LogP contribution in [0.5, 0.6) is 0 Å². The third-order valence-electron chi connectivity index (χ3n) is 2.60. The maximum Gasteiger partial charge on any atom is 0.233 e. The molecular weight excluding hydrogens is 322 g/mol. The van der Waals surface area contributed by atoms with Crippen molar-refractivity contribution < 1.29 is 4.79 Å². The summed E-state index contributed by atoms with van der Waals surface area (Å²) in [5.41, 5.74) is 0.925. The topological polar surface area (TPSA) is 46.9 Å². The van der Waals surface area contributed by atoms with Gasteiger partial charge in [-0.1, -0.05) is 47.4 Å². The molecule has 0 bridgehead atoms. The molecule has 0 spiro atoms. The molecule has 21 heavy (non-hydrogen) atoms. The third kappa shape index (κ3) is 4.26. The Morgan fingerprint density at radius 3 is 2.95 bits per heavy atom. The van der Waals surface area contributed by atoms with Crippen LogP contribution in [-0.2, 0) is 4.79 Å². The largest absolute Gasteiger partial charge is 0.352 e. The average molecular weight is 337 g/mol. The van der Waals surface area contributed by atoms with Gasteiger partial charge in [-0.05, 0) is 31.3 Å². The van der Waals surface area contributed by atoms with Crippen LogP contribution in [0.4, 0.5) is 0 Å². The zero-order valence-corrected chi connectivity index (χ0v) is 13.9. The van der Waals surface area contributed by atoms with Crippen molar-refractivity contribution in [1.29, 1.82) is 0 Å². The first-order valence-corrected chi connectivity index (χ1v) is 8.43. The molecule has 0 aliphatic heterocycles. The Morgan fingerprint density at radius 1 is 1.57 bits per heavy atom. The second kappa shape index (κ2) is 7.53. The van der Waals surface area contributed by atoms with Crippen molar-refractivity contribution in [2.75, 3.05) is 6.54 Å². The van der Waals surface area contributed by atoms with Gasteiger partial charge in [0, 0.05) is 6.54 Å². The standard InChI is InChI=1S/C14H15N3OS3/c1-3-9-15-12(18)10(2)20-13-16-17(14(19)21-13)11-7-5-4-6-8-11/h3-8,10H,1,9H2,2H3,(H,15,18). The van der Waals surface area contributed by atoms with Gasteiger partial charge < -0.3 is 5.32 Å². The highest BCUT2D eigenvalue weighted by Gasteiger charge is 2.16. The molecule has 1 atom stereocenters. The van der Waals surface area contributed by atoms with E-state index in [2.05, 4.69) is 17.0 Å². The Labute approximate surface area is 136 Å². The lowest BCUT2D eigenvalue weighted by molar-refractivity contribution is -0.120. The first-order chi connectivity index (χ1) is 10.1. The van der Waals surface area contributed by atoms with Crippen molar-refractivity contribution in [3.05, 3.63) is 46.9 Å². The summed E-state index contributed by atoms with van der Waals surface area (Å²) in [6, 6.07) is 9.72. The molecular formula is C14H15N3OS3. The molecule has 0 aliphatic rings. The Hall–Kier alpha value is -1.44. The zero-order valence-electron chi connectivity index (χ0n) is 11.5. The summed E-state index contributed by atoms with van der Waals surface area (Å²) in [6.45, 7) is 5.89. The lowest BCUT2D eigenvalue weighted by Gasteiger charge is -2.08. The number of carbonyl (C=O) groups is 1. The van der Waals surface area contributed by atoms with Gasteiger partial charge in [0.25, 0.3) is 0 Å². The molecule has 1 N–H and O–H groups in total. The smallest absolute Gasteiger partial charge is 0.233 e. The van der Waals surface area contributed by atoms with Crippen LogP contribution in [0.15, 0.2) is 47.3 Å². The number of nitrogens with zero attached hydrogens (tertiary/aromatic N) is 2. The van der Waals surface area contributed by atoms with Gasteiger partial charge in [0.2, 0.25) is 5.91 Å². The van der Waals surface area contributed by atoms with E-state index >= 15 is 0 Å². The summed E-state index contributed by atoms with van der Waals surface area (Å²) in [6.07, 6.45) is 1.66. The third-order valence-corrected chi connectivity index (χ3v) is 5.01. The fraction of sp³-hybridized carbons (Fsp3) is 0.214. The normalized spacial score (nSPS) is 11.9. The van der Waals surface area contributed by atoms with Crippen LogP contribution < -0.4 is 5.32 Å². The molecule has 0 radical (unpaired) electrons. The maximum absolute atomic E-state index is 11.8. The molecule has 1 aromatic heterocycles. The molecule has 1 aromatic carbocycles. The minimum Gasteiger partial charge on any atom is -0.352 e. The highest BCUT2D eigenvalue weighted by atomic mass is 32.2. The highest BCUT2D eigenvalue weighted by Crippen LogP contribution is 2.27. The van der Waals surface area contributed by atoms with Crippen LogP contribution in [-0.4, -0.2) is 27.5 Å². The van der Waals surface area contributed by atoms with E-state index in [1.165, 1.54) is 23.1 Å². The second-order valence-electron chi connectivity index (χ2n) is 4.18. The molecule has 4 nitrogen and oxygen atoms in total. The molecule has 0 aliphatic carbocycles. The number of amides is 1. The number of carbonyl (C=O) groups excluding carboxylic acids is 1. The molecule has 110 valence electrons. The number of aromatic nitrogens is 2. The van der Waals surface area contributed by atoms with Crippen molar-refractivity contribution >= 4 is 41.2 Å². The van der Waals surface area contributed by atoms with E-state index in [4.69, 9.17) is 12.2 Å². The Morgan fingerprint density at radius 2 is 2.29 bits per heavy atom. The van der Waals surface area contributed by atoms with Crippen LogP contribution in [0.25, 0.3) is 5.69 Å². The predicted octanol–water partition coefficient (Wildman–Crippen LogP) is 3.45. The molecule has 2 aromatic rings. The average Bonchev–Trinajstić information content (AvgIpc) is 2.86. The van der Waals surface area contributed by atoms with Crippen molar-refractivity contribution in [2.45, 2.75) is 16.5 Å². The zero-order chi connectivity index (χ0) is 15.2. The SMILES string of the molecule is C=CCNC(=O)C(C)Sc1nn(-c2ccccc2)c(=S)s1. The molecule has 0 fully saturated rings. The number of para-hydroxylation sites is 1. The van der Waals surface area contributed by atoms with Crippen LogP contribution in [0.3, 0.4) is 0 Å². The van der Waals surface area contributed by atoms with Crippen molar-refractivity contribution in [3.63, 3.8) is 0 Å². The summed E-state index contributed by atoms with van der Waals surface area (Å²) < 4.78 is 3.17. The number of hydrogen-bond acceptors (Lipinski definition) is 5. The van der Waals surface area contributed by atoms with Crippen LogP contribution in [0, 0.1) is 3.95 Å². The van der Waals surface area contributed by atoms with Crippen molar-refractivity contribution in [1.82, 2.24) is 15.1 Å². The first kappa shape index (κ1) is 15.9. The maximum atomic E-state index is 11.8. The summed E-state index contributed by atoms with van der Waals surface area (Å²) in [5, 5.41) is 7.02. The van der Waals surface area contributed by atoms with E-state index in [9.17, 15) is 4.79 Å². The Bertz CT molecular complexity index is 678. The summed E-state index contributed by atoms with van der Waals surface area (Å²) in [4.78, 5) is 11.8. The van der Waals surface area contributed by atoms with Crippen LogP contribution in [0.1, 0.15) is 6.92 Å². The quantitative estimate of drug-likeness (QED) is 0.498. The summed E-state index contributed by atoms with van der Waals surface area (Å²) in [5.74, 6) is -0.0349. The molecule has 7 heteroatoms. The molecule has 2 rings (SSSR count). The fourth-order valence-electron chi connectivity index (χ4n) is 1.56. The molecule has 0 saturated heterocycles. The van der Waals surface area contributed by atoms with E-state index in [1.807, 2.05) is 37.3 Å². The Balaban J connectivity index is 2.11. The molecule has 1 heterocycles. The summed E-state index contributed by atoms with van der Waals surface area (Å²) >= 11 is 8.15. The van der Waals surface area contributed by atoms with Gasteiger partial charge in [-0.15, -0.1) is 11.7 Å². The van der Waals surface area contributed by atoms with E-state index < -0.39 is 0 Å². The number of thioether (sulfide) groups is 1. The van der Waals surface area contributed by atoms with E-state index in [0.29, 0.717) is 10.5 Å². The van der Waals surface area contributed by atoms with Crippen LogP contribution in [0.2, 0.25) is 0 Å².